The van der Waals surface area contributed by atoms with Gasteiger partial charge in [0.1, 0.15) is 5.75 Å². The van der Waals surface area contributed by atoms with Gasteiger partial charge in [-0.15, -0.1) is 0 Å². The van der Waals surface area contributed by atoms with Crippen LogP contribution in [0.4, 0.5) is 5.69 Å². The van der Waals surface area contributed by atoms with Gasteiger partial charge in [0.15, 0.2) is 0 Å². The second-order valence-electron chi connectivity index (χ2n) is 2.80. The fourth-order valence-electron chi connectivity index (χ4n) is 0.953. The van der Waals surface area contributed by atoms with Crippen LogP contribution in [0.5, 0.6) is 5.75 Å². The number of phenolic OH excluding ortho intramolecular Hbond substituents is 1. The van der Waals surface area contributed by atoms with Crippen molar-refractivity contribution in [2.75, 3.05) is 5.32 Å². The number of carbonyl (C=O) groups is 2. The van der Waals surface area contributed by atoms with Crippen molar-refractivity contribution in [2.45, 2.75) is 6.04 Å². The highest BCUT2D eigenvalue weighted by Gasteiger charge is 2.25. The van der Waals surface area contributed by atoms with E-state index in [9.17, 15) is 9.59 Å². The maximum Gasteiger partial charge on any atom is 0.337 e. The number of aromatic hydroxyl groups is 1. The molecule has 0 aromatic heterocycles. The molecule has 6 heteroatoms. The molecule has 0 aliphatic rings. The van der Waals surface area contributed by atoms with E-state index in [1.165, 1.54) is 24.3 Å². The second kappa shape index (κ2) is 4.32. The Balaban J connectivity index is 2.79. The predicted molar refractivity (Wildman–Crippen MR) is 50.8 cm³/mol. The first-order valence-electron chi connectivity index (χ1n) is 4.02. The smallest absolute Gasteiger partial charge is 0.337 e. The molecular weight excluding hydrogens is 202 g/mol. The van der Waals surface area contributed by atoms with Crippen LogP contribution < -0.4 is 5.32 Å². The van der Waals surface area contributed by atoms with Crippen LogP contribution >= 0.6 is 0 Å². The topological polar surface area (TPSA) is 107 Å². The molecule has 0 atom stereocenters. The molecule has 6 nitrogen and oxygen atoms in total. The van der Waals surface area contributed by atoms with Crippen LogP contribution in [0.15, 0.2) is 24.3 Å². The molecule has 0 spiro atoms. The zero-order valence-electron chi connectivity index (χ0n) is 7.54. The van der Waals surface area contributed by atoms with Crippen molar-refractivity contribution >= 4 is 17.6 Å². The molecule has 1 aromatic carbocycles. The summed E-state index contributed by atoms with van der Waals surface area (Å²) in [6.07, 6.45) is 0. The molecule has 0 amide bonds. The number of hydrogen-bond acceptors (Lipinski definition) is 4. The lowest BCUT2D eigenvalue weighted by Gasteiger charge is -2.10. The Morgan fingerprint density at radius 2 is 1.53 bits per heavy atom. The van der Waals surface area contributed by atoms with Crippen LogP contribution in [0.3, 0.4) is 0 Å². The summed E-state index contributed by atoms with van der Waals surface area (Å²) in [5, 5.41) is 28.4. The lowest BCUT2D eigenvalue weighted by Crippen LogP contribution is -2.37. The number of rotatable bonds is 4. The fourth-order valence-corrected chi connectivity index (χ4v) is 0.953. The van der Waals surface area contributed by atoms with E-state index in [1.54, 1.807) is 0 Å². The minimum Gasteiger partial charge on any atom is -0.508 e. The standard InChI is InChI=1S/C9H9NO5/c11-6-3-1-5(2-4-6)10-7(8(12)13)9(14)15/h1-4,7,10-11H,(H,12,13)(H,14,15). The molecule has 4 N–H and O–H groups in total. The van der Waals surface area contributed by atoms with Gasteiger partial charge in [0.2, 0.25) is 6.04 Å². The van der Waals surface area contributed by atoms with Gasteiger partial charge in [0, 0.05) is 5.69 Å². The maximum absolute atomic E-state index is 10.5. The number of anilines is 1. The van der Waals surface area contributed by atoms with Gasteiger partial charge in [-0.2, -0.15) is 0 Å². The molecule has 15 heavy (non-hydrogen) atoms. The summed E-state index contributed by atoms with van der Waals surface area (Å²) < 4.78 is 0. The summed E-state index contributed by atoms with van der Waals surface area (Å²) in [5.74, 6) is -2.94. The third-order valence-electron chi connectivity index (χ3n) is 1.67. The van der Waals surface area contributed by atoms with Crippen molar-refractivity contribution in [1.29, 1.82) is 0 Å². The lowest BCUT2D eigenvalue weighted by molar-refractivity contribution is -0.148. The Hall–Kier alpha value is -2.24. The average molecular weight is 211 g/mol. The molecular formula is C9H9NO5. The van der Waals surface area contributed by atoms with Crippen LogP contribution in [0.25, 0.3) is 0 Å². The van der Waals surface area contributed by atoms with E-state index in [0.717, 1.165) is 0 Å². The molecule has 0 heterocycles. The SMILES string of the molecule is O=C(O)C(Nc1ccc(O)cc1)C(=O)O. The van der Waals surface area contributed by atoms with Gasteiger partial charge in [0.05, 0.1) is 0 Å². The van der Waals surface area contributed by atoms with Gasteiger partial charge >= 0.3 is 11.9 Å². The summed E-state index contributed by atoms with van der Waals surface area (Å²) in [5.41, 5.74) is 0.308. The van der Waals surface area contributed by atoms with Crippen molar-refractivity contribution in [3.05, 3.63) is 24.3 Å². The van der Waals surface area contributed by atoms with E-state index in [1.807, 2.05) is 0 Å². The van der Waals surface area contributed by atoms with Crippen molar-refractivity contribution in [3.63, 3.8) is 0 Å². The first-order chi connectivity index (χ1) is 7.00. The molecule has 0 unspecified atom stereocenters. The first kappa shape index (κ1) is 10.8. The average Bonchev–Trinajstić information content (AvgIpc) is 2.15. The van der Waals surface area contributed by atoms with Crippen molar-refractivity contribution in [1.82, 2.24) is 0 Å². The van der Waals surface area contributed by atoms with E-state index in [2.05, 4.69) is 5.32 Å². The molecule has 0 aliphatic carbocycles. The largest absolute Gasteiger partial charge is 0.508 e. The number of nitrogens with one attached hydrogen (secondary N) is 1. The quantitative estimate of drug-likeness (QED) is 0.422. The highest BCUT2D eigenvalue weighted by atomic mass is 16.4. The van der Waals surface area contributed by atoms with Crippen molar-refractivity contribution < 1.29 is 24.9 Å². The summed E-state index contributed by atoms with van der Waals surface area (Å²) in [4.78, 5) is 21.0. The third kappa shape index (κ3) is 2.87. The second-order valence-corrected chi connectivity index (χ2v) is 2.80. The highest BCUT2D eigenvalue weighted by molar-refractivity contribution is 6.00. The van der Waals surface area contributed by atoms with E-state index in [4.69, 9.17) is 15.3 Å². The summed E-state index contributed by atoms with van der Waals surface area (Å²) >= 11 is 0. The van der Waals surface area contributed by atoms with Crippen molar-refractivity contribution in [3.8, 4) is 5.75 Å². The van der Waals surface area contributed by atoms with Gasteiger partial charge in [0.25, 0.3) is 0 Å². The zero-order chi connectivity index (χ0) is 11.4. The van der Waals surface area contributed by atoms with Crippen LogP contribution in [0.2, 0.25) is 0 Å². The van der Waals surface area contributed by atoms with Gasteiger partial charge in [-0.05, 0) is 24.3 Å². The van der Waals surface area contributed by atoms with Crippen molar-refractivity contribution in [2.24, 2.45) is 0 Å². The molecule has 0 fully saturated rings. The Morgan fingerprint density at radius 1 is 1.07 bits per heavy atom. The number of hydrogen-bond donors (Lipinski definition) is 4. The normalized spacial score (nSPS) is 9.93. The minimum absolute atomic E-state index is 0.0164. The number of aliphatic carboxylic acids is 2. The summed E-state index contributed by atoms with van der Waals surface area (Å²) in [6, 6.07) is 3.71. The van der Waals surface area contributed by atoms with Crippen LogP contribution in [0.1, 0.15) is 0 Å². The third-order valence-corrected chi connectivity index (χ3v) is 1.67. The Labute approximate surface area is 84.8 Å². The van der Waals surface area contributed by atoms with Gasteiger partial charge in [-0.25, -0.2) is 9.59 Å². The molecule has 0 aliphatic heterocycles. The Morgan fingerprint density at radius 3 is 1.93 bits per heavy atom. The molecule has 1 rings (SSSR count). The monoisotopic (exact) mass is 211 g/mol. The highest BCUT2D eigenvalue weighted by Crippen LogP contribution is 2.14. The van der Waals surface area contributed by atoms with E-state index in [-0.39, 0.29) is 5.75 Å². The molecule has 0 saturated carbocycles. The number of benzene rings is 1. The molecule has 80 valence electrons. The lowest BCUT2D eigenvalue weighted by atomic mass is 10.2. The predicted octanol–water partition coefficient (Wildman–Crippen LogP) is 0.342. The first-order valence-corrected chi connectivity index (χ1v) is 4.02. The Kier molecular flexibility index (Phi) is 3.12. The van der Waals surface area contributed by atoms with E-state index >= 15 is 0 Å². The molecule has 1 aromatic rings. The fraction of sp³-hybridized carbons (Fsp3) is 0.111. The molecule has 0 radical (unpaired) electrons. The van der Waals surface area contributed by atoms with Crippen LogP contribution in [-0.2, 0) is 9.59 Å². The molecule has 0 bridgehead atoms. The van der Waals surface area contributed by atoms with Gasteiger partial charge in [-0.1, -0.05) is 0 Å². The summed E-state index contributed by atoms with van der Waals surface area (Å²) in [6.45, 7) is 0. The van der Waals surface area contributed by atoms with E-state index in [0.29, 0.717) is 5.69 Å². The summed E-state index contributed by atoms with van der Waals surface area (Å²) in [7, 11) is 0. The van der Waals surface area contributed by atoms with E-state index < -0.39 is 18.0 Å². The number of carboxylic acid groups (broad SMARTS) is 2. The number of phenols is 1. The van der Waals surface area contributed by atoms with Gasteiger partial charge in [-0.3, -0.25) is 0 Å². The minimum atomic E-state index is -1.70. The maximum atomic E-state index is 10.5. The van der Waals surface area contributed by atoms with Gasteiger partial charge < -0.3 is 20.6 Å². The van der Waals surface area contributed by atoms with Crippen LogP contribution in [0, 0.1) is 0 Å². The molecule has 0 saturated heterocycles. The Bertz CT molecular complexity index is 359. The van der Waals surface area contributed by atoms with Crippen LogP contribution in [-0.4, -0.2) is 33.3 Å². The zero-order valence-corrected chi connectivity index (χ0v) is 7.54. The number of carboxylic acids is 2.